The highest BCUT2D eigenvalue weighted by molar-refractivity contribution is 9.10. The molecule has 94 valence electrons. The zero-order valence-corrected chi connectivity index (χ0v) is 11.9. The second-order valence-electron chi connectivity index (χ2n) is 4.49. The summed E-state index contributed by atoms with van der Waals surface area (Å²) in [4.78, 5) is 12.3. The van der Waals surface area contributed by atoms with Crippen molar-refractivity contribution in [2.24, 2.45) is 0 Å². The van der Waals surface area contributed by atoms with E-state index >= 15 is 0 Å². The van der Waals surface area contributed by atoms with Gasteiger partial charge in [0, 0.05) is 15.4 Å². The lowest BCUT2D eigenvalue weighted by molar-refractivity contribution is 0.101. The number of carbonyl (C=O) groups is 1. The van der Waals surface area contributed by atoms with E-state index in [0.29, 0.717) is 11.3 Å². The molecule has 2 aromatic carbocycles. The average Bonchev–Trinajstić information content (AvgIpc) is 2.81. The second kappa shape index (κ2) is 4.67. The summed E-state index contributed by atoms with van der Waals surface area (Å²) >= 11 is 3.35. The van der Waals surface area contributed by atoms with Crippen LogP contribution in [0.2, 0.25) is 0 Å². The standard InChI is InChI=1S/C16H11BrO2/c1-10-2-7-14-12(8-10)9-15(19-14)16(18)11-3-5-13(17)6-4-11/h2-9H,1H3. The minimum Gasteiger partial charge on any atom is -0.453 e. The quantitative estimate of drug-likeness (QED) is 0.640. The van der Waals surface area contributed by atoms with Gasteiger partial charge in [0.25, 0.3) is 0 Å². The van der Waals surface area contributed by atoms with Gasteiger partial charge in [-0.15, -0.1) is 0 Å². The molecule has 0 unspecified atom stereocenters. The Kier molecular flexibility index (Phi) is 2.99. The first-order valence-corrected chi connectivity index (χ1v) is 6.73. The van der Waals surface area contributed by atoms with Gasteiger partial charge in [0.1, 0.15) is 5.58 Å². The summed E-state index contributed by atoms with van der Waals surface area (Å²) in [5.74, 6) is 0.282. The highest BCUT2D eigenvalue weighted by Gasteiger charge is 2.14. The number of benzene rings is 2. The van der Waals surface area contributed by atoms with Crippen molar-refractivity contribution in [1.82, 2.24) is 0 Å². The molecule has 2 nitrogen and oxygen atoms in total. The Bertz CT molecular complexity index is 754. The summed E-state index contributed by atoms with van der Waals surface area (Å²) < 4.78 is 6.56. The maximum Gasteiger partial charge on any atom is 0.228 e. The number of carbonyl (C=O) groups excluding carboxylic acids is 1. The van der Waals surface area contributed by atoms with Crippen LogP contribution in [0.5, 0.6) is 0 Å². The number of aryl methyl sites for hydroxylation is 1. The molecule has 0 aliphatic rings. The molecule has 3 aromatic rings. The third kappa shape index (κ3) is 2.34. The average molecular weight is 315 g/mol. The fourth-order valence-corrected chi connectivity index (χ4v) is 2.28. The topological polar surface area (TPSA) is 30.2 Å². The fourth-order valence-electron chi connectivity index (χ4n) is 2.02. The largest absolute Gasteiger partial charge is 0.453 e. The molecule has 1 aromatic heterocycles. The molecule has 0 spiro atoms. The summed E-state index contributed by atoms with van der Waals surface area (Å²) in [6, 6.07) is 14.9. The van der Waals surface area contributed by atoms with E-state index in [1.807, 2.05) is 37.3 Å². The van der Waals surface area contributed by atoms with Crippen LogP contribution in [-0.2, 0) is 0 Å². The molecule has 0 aliphatic heterocycles. The van der Waals surface area contributed by atoms with Gasteiger partial charge in [-0.2, -0.15) is 0 Å². The molecular formula is C16H11BrO2. The lowest BCUT2D eigenvalue weighted by atomic mass is 10.1. The number of furan rings is 1. The van der Waals surface area contributed by atoms with Gasteiger partial charge in [0.05, 0.1) is 0 Å². The molecule has 0 saturated carbocycles. The Balaban J connectivity index is 2.04. The van der Waals surface area contributed by atoms with Gasteiger partial charge < -0.3 is 4.42 Å². The third-order valence-electron chi connectivity index (χ3n) is 3.00. The minimum absolute atomic E-state index is 0.0960. The Hall–Kier alpha value is -1.87. The zero-order chi connectivity index (χ0) is 13.4. The summed E-state index contributed by atoms with van der Waals surface area (Å²) in [5.41, 5.74) is 2.51. The predicted molar refractivity (Wildman–Crippen MR) is 78.5 cm³/mol. The van der Waals surface area contributed by atoms with Crippen molar-refractivity contribution >= 4 is 32.7 Å². The molecule has 3 heteroatoms. The van der Waals surface area contributed by atoms with Crippen LogP contribution < -0.4 is 0 Å². The molecule has 0 amide bonds. The summed E-state index contributed by atoms with van der Waals surface area (Å²) in [6.45, 7) is 2.02. The first-order chi connectivity index (χ1) is 9.13. The van der Waals surface area contributed by atoms with Gasteiger partial charge in [0.15, 0.2) is 5.76 Å². The van der Waals surface area contributed by atoms with Crippen molar-refractivity contribution < 1.29 is 9.21 Å². The Morgan fingerprint density at radius 3 is 2.53 bits per heavy atom. The second-order valence-corrected chi connectivity index (χ2v) is 5.40. The van der Waals surface area contributed by atoms with E-state index in [9.17, 15) is 4.79 Å². The van der Waals surface area contributed by atoms with Crippen LogP contribution >= 0.6 is 15.9 Å². The van der Waals surface area contributed by atoms with E-state index in [2.05, 4.69) is 15.9 Å². The zero-order valence-electron chi connectivity index (χ0n) is 10.3. The minimum atomic E-state index is -0.0960. The molecule has 0 bridgehead atoms. The summed E-state index contributed by atoms with van der Waals surface area (Å²) in [7, 11) is 0. The van der Waals surface area contributed by atoms with E-state index in [4.69, 9.17) is 4.42 Å². The van der Waals surface area contributed by atoms with Crippen LogP contribution in [0.4, 0.5) is 0 Å². The van der Waals surface area contributed by atoms with Gasteiger partial charge >= 0.3 is 0 Å². The molecule has 19 heavy (non-hydrogen) atoms. The number of fused-ring (bicyclic) bond motifs is 1. The van der Waals surface area contributed by atoms with E-state index < -0.39 is 0 Å². The molecule has 3 rings (SSSR count). The number of hydrogen-bond acceptors (Lipinski definition) is 2. The van der Waals surface area contributed by atoms with E-state index in [0.717, 1.165) is 21.0 Å². The predicted octanol–water partition coefficient (Wildman–Crippen LogP) is 4.73. The van der Waals surface area contributed by atoms with E-state index in [1.54, 1.807) is 18.2 Å². The Morgan fingerprint density at radius 2 is 1.79 bits per heavy atom. The number of halogens is 1. The maximum absolute atomic E-state index is 12.3. The highest BCUT2D eigenvalue weighted by Crippen LogP contribution is 2.23. The van der Waals surface area contributed by atoms with Crippen LogP contribution in [0.3, 0.4) is 0 Å². The van der Waals surface area contributed by atoms with Gasteiger partial charge in [-0.1, -0.05) is 27.6 Å². The lowest BCUT2D eigenvalue weighted by Crippen LogP contribution is -1.98. The first-order valence-electron chi connectivity index (χ1n) is 5.94. The van der Waals surface area contributed by atoms with Crippen molar-refractivity contribution in [1.29, 1.82) is 0 Å². The number of hydrogen-bond donors (Lipinski definition) is 0. The lowest BCUT2D eigenvalue weighted by Gasteiger charge is -1.97. The molecule has 0 aliphatic carbocycles. The molecule has 0 N–H and O–H groups in total. The first kappa shape index (κ1) is 12.2. The van der Waals surface area contributed by atoms with Crippen LogP contribution in [0.15, 0.2) is 57.4 Å². The monoisotopic (exact) mass is 314 g/mol. The molecule has 0 radical (unpaired) electrons. The van der Waals surface area contributed by atoms with Crippen LogP contribution in [0.1, 0.15) is 21.7 Å². The van der Waals surface area contributed by atoms with E-state index in [-0.39, 0.29) is 5.78 Å². The SMILES string of the molecule is Cc1ccc2oc(C(=O)c3ccc(Br)cc3)cc2c1. The van der Waals surface area contributed by atoms with Crippen molar-refractivity contribution in [3.63, 3.8) is 0 Å². The van der Waals surface area contributed by atoms with Gasteiger partial charge in [-0.3, -0.25) is 4.79 Å². The van der Waals surface area contributed by atoms with Crippen molar-refractivity contribution in [3.8, 4) is 0 Å². The highest BCUT2D eigenvalue weighted by atomic mass is 79.9. The van der Waals surface area contributed by atoms with Crippen LogP contribution in [-0.4, -0.2) is 5.78 Å². The van der Waals surface area contributed by atoms with Crippen LogP contribution in [0, 0.1) is 6.92 Å². The van der Waals surface area contributed by atoms with Gasteiger partial charge in [-0.25, -0.2) is 0 Å². The van der Waals surface area contributed by atoms with E-state index in [1.165, 1.54) is 0 Å². The molecule has 0 fully saturated rings. The molecule has 1 heterocycles. The van der Waals surface area contributed by atoms with Gasteiger partial charge in [0.2, 0.25) is 5.78 Å². The van der Waals surface area contributed by atoms with Crippen LogP contribution in [0.25, 0.3) is 11.0 Å². The number of ketones is 1. The molecular weight excluding hydrogens is 304 g/mol. The molecule has 0 saturated heterocycles. The normalized spacial score (nSPS) is 10.8. The van der Waals surface area contributed by atoms with Crippen molar-refractivity contribution in [2.45, 2.75) is 6.92 Å². The summed E-state index contributed by atoms with van der Waals surface area (Å²) in [6.07, 6.45) is 0. The Morgan fingerprint density at radius 1 is 1.05 bits per heavy atom. The van der Waals surface area contributed by atoms with Gasteiger partial charge in [-0.05, 0) is 49.4 Å². The fraction of sp³-hybridized carbons (Fsp3) is 0.0625. The smallest absolute Gasteiger partial charge is 0.228 e. The number of rotatable bonds is 2. The van der Waals surface area contributed by atoms with Crippen molar-refractivity contribution in [3.05, 3.63) is 69.9 Å². The van der Waals surface area contributed by atoms with Crippen molar-refractivity contribution in [2.75, 3.05) is 0 Å². The Labute approximate surface area is 119 Å². The third-order valence-corrected chi connectivity index (χ3v) is 3.53. The maximum atomic E-state index is 12.3. The molecule has 0 atom stereocenters. The summed E-state index contributed by atoms with van der Waals surface area (Å²) in [5, 5.41) is 0.959.